The number of rotatable bonds is 7. The molecule has 0 aliphatic heterocycles. The first kappa shape index (κ1) is 18.4. The number of aromatic amines is 1. The number of hydrogen-bond donors (Lipinski definition) is 3. The van der Waals surface area contributed by atoms with Gasteiger partial charge in [0.2, 0.25) is 0 Å². The highest BCUT2D eigenvalue weighted by atomic mass is 35.5. The Hall–Kier alpha value is -2.37. The van der Waals surface area contributed by atoms with E-state index >= 15 is 0 Å². The molecule has 0 aliphatic rings. The van der Waals surface area contributed by atoms with E-state index in [0.29, 0.717) is 18.8 Å². The second-order valence-corrected chi connectivity index (χ2v) is 6.85. The first-order valence-electron chi connectivity index (χ1n) is 8.58. The van der Waals surface area contributed by atoms with E-state index in [1.165, 1.54) is 12.1 Å². The molecule has 2 aromatic carbocycles. The van der Waals surface area contributed by atoms with Crippen molar-refractivity contribution in [1.29, 1.82) is 0 Å². The van der Waals surface area contributed by atoms with E-state index in [-0.39, 0.29) is 17.1 Å². The molecule has 3 rings (SSSR count). The van der Waals surface area contributed by atoms with E-state index in [0.717, 1.165) is 34.9 Å². The van der Waals surface area contributed by atoms with Crippen molar-refractivity contribution >= 4 is 28.4 Å². The second-order valence-electron chi connectivity index (χ2n) is 6.23. The van der Waals surface area contributed by atoms with Gasteiger partial charge in [0.1, 0.15) is 11.5 Å². The molecule has 26 heavy (non-hydrogen) atoms. The van der Waals surface area contributed by atoms with E-state index in [1.807, 2.05) is 18.2 Å². The SMILES string of the molecule is NCCC[C@@H](Cl)CNC(=O)c1cc2cc(-c3ccc(F)cc3)ccc2[nH]1. The number of carbonyl (C=O) groups excluding carboxylic acids is 1. The minimum atomic E-state index is -0.264. The summed E-state index contributed by atoms with van der Waals surface area (Å²) in [6.45, 7) is 0.992. The summed E-state index contributed by atoms with van der Waals surface area (Å²) in [4.78, 5) is 15.4. The van der Waals surface area contributed by atoms with Crippen LogP contribution in [0.25, 0.3) is 22.0 Å². The lowest BCUT2D eigenvalue weighted by atomic mass is 10.0. The lowest BCUT2D eigenvalue weighted by molar-refractivity contribution is 0.0949. The lowest BCUT2D eigenvalue weighted by Gasteiger charge is -2.09. The molecule has 0 saturated carbocycles. The minimum absolute atomic E-state index is 0.128. The van der Waals surface area contributed by atoms with Gasteiger partial charge in [-0.1, -0.05) is 18.2 Å². The molecule has 1 atom stereocenters. The molecule has 4 nitrogen and oxygen atoms in total. The summed E-state index contributed by atoms with van der Waals surface area (Å²) in [6.07, 6.45) is 1.61. The Kier molecular flexibility index (Phi) is 5.91. The highest BCUT2D eigenvalue weighted by Crippen LogP contribution is 2.25. The Morgan fingerprint density at radius 2 is 1.88 bits per heavy atom. The average molecular weight is 374 g/mol. The number of hydrogen-bond acceptors (Lipinski definition) is 2. The number of nitrogens with one attached hydrogen (secondary N) is 2. The summed E-state index contributed by atoms with van der Waals surface area (Å²) in [5.74, 6) is -0.456. The zero-order chi connectivity index (χ0) is 18.5. The summed E-state index contributed by atoms with van der Waals surface area (Å²) in [5.41, 5.74) is 8.70. The monoisotopic (exact) mass is 373 g/mol. The van der Waals surface area contributed by atoms with Gasteiger partial charge in [-0.15, -0.1) is 11.6 Å². The highest BCUT2D eigenvalue weighted by molar-refractivity contribution is 6.21. The summed E-state index contributed by atoms with van der Waals surface area (Å²) >= 11 is 6.16. The molecular formula is C20H21ClFN3O. The van der Waals surface area contributed by atoms with E-state index < -0.39 is 0 Å². The molecule has 1 aromatic heterocycles. The second kappa shape index (κ2) is 8.34. The van der Waals surface area contributed by atoms with Gasteiger partial charge in [-0.2, -0.15) is 0 Å². The van der Waals surface area contributed by atoms with Crippen LogP contribution in [-0.2, 0) is 0 Å². The largest absolute Gasteiger partial charge is 0.351 e. The molecular weight excluding hydrogens is 353 g/mol. The number of benzene rings is 2. The smallest absolute Gasteiger partial charge is 0.267 e. The number of H-pyrrole nitrogens is 1. The normalized spacial score (nSPS) is 12.3. The Bertz CT molecular complexity index is 892. The average Bonchev–Trinajstić information content (AvgIpc) is 3.08. The highest BCUT2D eigenvalue weighted by Gasteiger charge is 2.12. The predicted octanol–water partition coefficient (Wildman–Crippen LogP) is 4.05. The van der Waals surface area contributed by atoms with Crippen LogP contribution >= 0.6 is 11.6 Å². The molecule has 6 heteroatoms. The van der Waals surface area contributed by atoms with Crippen LogP contribution in [0.3, 0.4) is 0 Å². The molecule has 0 radical (unpaired) electrons. The fourth-order valence-corrected chi connectivity index (χ4v) is 3.05. The Morgan fingerprint density at radius 1 is 1.15 bits per heavy atom. The van der Waals surface area contributed by atoms with Crippen molar-refractivity contribution in [1.82, 2.24) is 10.3 Å². The van der Waals surface area contributed by atoms with Gasteiger partial charge in [0.15, 0.2) is 0 Å². The number of halogens is 2. The number of carbonyl (C=O) groups is 1. The van der Waals surface area contributed by atoms with E-state index in [4.69, 9.17) is 17.3 Å². The van der Waals surface area contributed by atoms with Crippen LogP contribution in [0.5, 0.6) is 0 Å². The zero-order valence-corrected chi connectivity index (χ0v) is 15.0. The van der Waals surface area contributed by atoms with Crippen molar-refractivity contribution < 1.29 is 9.18 Å². The lowest BCUT2D eigenvalue weighted by Crippen LogP contribution is -2.30. The third-order valence-electron chi connectivity index (χ3n) is 4.25. The maximum Gasteiger partial charge on any atom is 0.267 e. The molecule has 0 bridgehead atoms. The fraction of sp³-hybridized carbons (Fsp3) is 0.250. The molecule has 136 valence electrons. The molecule has 1 amide bonds. The molecule has 0 aliphatic carbocycles. The van der Waals surface area contributed by atoms with Gasteiger partial charge in [-0.3, -0.25) is 4.79 Å². The summed E-state index contributed by atoms with van der Waals surface area (Å²) in [7, 11) is 0. The van der Waals surface area contributed by atoms with Gasteiger partial charge in [0.25, 0.3) is 5.91 Å². The molecule has 0 spiro atoms. The van der Waals surface area contributed by atoms with Crippen LogP contribution in [0.1, 0.15) is 23.3 Å². The minimum Gasteiger partial charge on any atom is -0.351 e. The molecule has 0 saturated heterocycles. The van der Waals surface area contributed by atoms with Gasteiger partial charge < -0.3 is 16.0 Å². The van der Waals surface area contributed by atoms with E-state index in [9.17, 15) is 9.18 Å². The summed E-state index contributed by atoms with van der Waals surface area (Å²) in [5, 5.41) is 3.63. The first-order chi connectivity index (χ1) is 12.6. The number of amides is 1. The topological polar surface area (TPSA) is 70.9 Å². The van der Waals surface area contributed by atoms with Crippen LogP contribution in [0.15, 0.2) is 48.5 Å². The standard InChI is InChI=1S/C20H21ClFN3O/c21-16(2-1-9-23)12-24-20(26)19-11-15-10-14(5-8-18(15)25-19)13-3-6-17(22)7-4-13/h3-8,10-11,16,25H,1-2,9,12,23H2,(H,24,26)/t16-/m1/s1. The van der Waals surface area contributed by atoms with E-state index in [2.05, 4.69) is 10.3 Å². The van der Waals surface area contributed by atoms with Crippen molar-refractivity contribution in [2.24, 2.45) is 5.73 Å². The van der Waals surface area contributed by atoms with E-state index in [1.54, 1.807) is 18.2 Å². The zero-order valence-electron chi connectivity index (χ0n) is 14.3. The molecule has 4 N–H and O–H groups in total. The summed E-state index contributed by atoms with van der Waals surface area (Å²) < 4.78 is 13.1. The van der Waals surface area contributed by atoms with Gasteiger partial charge >= 0.3 is 0 Å². The molecule has 0 fully saturated rings. The summed E-state index contributed by atoms with van der Waals surface area (Å²) in [6, 6.07) is 14.0. The quantitative estimate of drug-likeness (QED) is 0.547. The van der Waals surface area contributed by atoms with Crippen LogP contribution < -0.4 is 11.1 Å². The maximum absolute atomic E-state index is 13.1. The van der Waals surface area contributed by atoms with Gasteiger partial charge in [0.05, 0.1) is 5.38 Å². The Morgan fingerprint density at radius 3 is 2.62 bits per heavy atom. The number of alkyl halides is 1. The van der Waals surface area contributed by atoms with Crippen LogP contribution in [0.4, 0.5) is 4.39 Å². The maximum atomic E-state index is 13.1. The Balaban J connectivity index is 1.72. The van der Waals surface area contributed by atoms with Crippen LogP contribution in [0, 0.1) is 5.82 Å². The van der Waals surface area contributed by atoms with Crippen LogP contribution in [0.2, 0.25) is 0 Å². The number of aromatic nitrogens is 1. The fourth-order valence-electron chi connectivity index (χ4n) is 2.82. The van der Waals surface area contributed by atoms with Crippen molar-refractivity contribution in [3.8, 4) is 11.1 Å². The van der Waals surface area contributed by atoms with Crippen LogP contribution in [-0.4, -0.2) is 29.4 Å². The molecule has 1 heterocycles. The predicted molar refractivity (Wildman–Crippen MR) is 104 cm³/mol. The third kappa shape index (κ3) is 4.42. The van der Waals surface area contributed by atoms with Crippen molar-refractivity contribution in [2.45, 2.75) is 18.2 Å². The van der Waals surface area contributed by atoms with Crippen molar-refractivity contribution in [2.75, 3.05) is 13.1 Å². The molecule has 3 aromatic rings. The van der Waals surface area contributed by atoms with Gasteiger partial charge in [-0.05, 0) is 60.8 Å². The Labute approximate surface area is 156 Å². The number of nitrogens with two attached hydrogens (primary N) is 1. The molecule has 0 unspecified atom stereocenters. The van der Waals surface area contributed by atoms with Crippen molar-refractivity contribution in [3.05, 3.63) is 60.0 Å². The van der Waals surface area contributed by atoms with Gasteiger partial charge in [-0.25, -0.2) is 4.39 Å². The third-order valence-corrected chi connectivity index (χ3v) is 4.62. The first-order valence-corrected chi connectivity index (χ1v) is 9.01. The van der Waals surface area contributed by atoms with Crippen molar-refractivity contribution in [3.63, 3.8) is 0 Å². The number of fused-ring (bicyclic) bond motifs is 1. The van der Waals surface area contributed by atoms with Gasteiger partial charge in [0, 0.05) is 17.4 Å².